The molecule has 0 aliphatic carbocycles. The Balaban J connectivity index is 1.34. The van der Waals surface area contributed by atoms with Gasteiger partial charge in [-0.2, -0.15) is 0 Å². The number of rotatable bonds is 8. The van der Waals surface area contributed by atoms with Crippen molar-refractivity contribution < 1.29 is 14.3 Å². The van der Waals surface area contributed by atoms with E-state index in [4.69, 9.17) is 21.1 Å². The summed E-state index contributed by atoms with van der Waals surface area (Å²) in [5.74, 6) is 0.999. The van der Waals surface area contributed by atoms with Crippen LogP contribution in [0.15, 0.2) is 48.4 Å². The summed E-state index contributed by atoms with van der Waals surface area (Å²) in [7, 11) is 1.63. The van der Waals surface area contributed by atoms with Gasteiger partial charge in [-0.25, -0.2) is 4.98 Å². The maximum atomic E-state index is 13.3. The highest BCUT2D eigenvalue weighted by Gasteiger charge is 2.27. The van der Waals surface area contributed by atoms with Gasteiger partial charge in [0.15, 0.2) is 0 Å². The number of piperidine rings is 1. The molecule has 1 fully saturated rings. The van der Waals surface area contributed by atoms with Crippen LogP contribution in [0.1, 0.15) is 53.2 Å². The van der Waals surface area contributed by atoms with E-state index in [0.29, 0.717) is 35.5 Å². The molecule has 7 heteroatoms. The molecule has 1 aromatic carbocycles. The number of amides is 1. The molecule has 1 saturated heterocycles. The molecule has 176 valence electrons. The molecule has 2 aliphatic rings. The molecule has 1 amide bonds. The third kappa shape index (κ3) is 5.94. The first-order valence-electron chi connectivity index (χ1n) is 11.7. The van der Waals surface area contributed by atoms with E-state index in [0.717, 1.165) is 62.3 Å². The number of hydrogen-bond donors (Lipinski definition) is 0. The second-order valence-electron chi connectivity index (χ2n) is 8.85. The first-order valence-corrected chi connectivity index (χ1v) is 12.0. The van der Waals surface area contributed by atoms with Gasteiger partial charge in [0.1, 0.15) is 17.2 Å². The Morgan fingerprint density at radius 2 is 2.06 bits per heavy atom. The molecule has 1 unspecified atom stereocenters. The van der Waals surface area contributed by atoms with Crippen LogP contribution in [-0.2, 0) is 4.74 Å². The van der Waals surface area contributed by atoms with Gasteiger partial charge in [0.25, 0.3) is 5.91 Å². The number of methoxy groups -OCH3 is 1. The van der Waals surface area contributed by atoms with Crippen LogP contribution >= 0.6 is 11.6 Å². The molecule has 3 heterocycles. The lowest BCUT2D eigenvalue weighted by Crippen LogP contribution is -2.36. The van der Waals surface area contributed by atoms with E-state index in [1.807, 2.05) is 37.3 Å². The lowest BCUT2D eigenvalue weighted by Gasteiger charge is -2.32. The second-order valence-corrected chi connectivity index (χ2v) is 9.24. The van der Waals surface area contributed by atoms with Gasteiger partial charge < -0.3 is 19.3 Å². The van der Waals surface area contributed by atoms with Crippen LogP contribution in [0.2, 0.25) is 5.15 Å². The summed E-state index contributed by atoms with van der Waals surface area (Å²) in [5.41, 5.74) is 3.49. The third-order valence-corrected chi connectivity index (χ3v) is 6.55. The van der Waals surface area contributed by atoms with Crippen molar-refractivity contribution in [3.63, 3.8) is 0 Å². The highest BCUT2D eigenvalue weighted by Crippen LogP contribution is 2.29. The van der Waals surface area contributed by atoms with Crippen molar-refractivity contribution in [2.75, 3.05) is 39.9 Å². The highest BCUT2D eigenvalue weighted by atomic mass is 35.5. The van der Waals surface area contributed by atoms with E-state index in [1.165, 1.54) is 0 Å². The molecular weight excluding hydrogens is 438 g/mol. The second kappa shape index (κ2) is 11.1. The third-order valence-electron chi connectivity index (χ3n) is 6.34. The first-order chi connectivity index (χ1) is 16.0. The van der Waals surface area contributed by atoms with Crippen molar-refractivity contribution in [2.24, 2.45) is 0 Å². The van der Waals surface area contributed by atoms with E-state index in [2.05, 4.69) is 16.0 Å². The van der Waals surface area contributed by atoms with E-state index in [-0.39, 0.29) is 5.91 Å². The number of carbonyl (C=O) groups excluding carboxylic acids is 1. The van der Waals surface area contributed by atoms with Gasteiger partial charge in [0.05, 0.1) is 17.9 Å². The van der Waals surface area contributed by atoms with Crippen LogP contribution in [0.3, 0.4) is 0 Å². The van der Waals surface area contributed by atoms with E-state index < -0.39 is 0 Å². The van der Waals surface area contributed by atoms with Gasteiger partial charge in [0.2, 0.25) is 0 Å². The minimum atomic E-state index is -0.0316. The predicted octanol–water partition coefficient (Wildman–Crippen LogP) is 5.03. The number of fused-ring (bicyclic) bond motifs is 1. The van der Waals surface area contributed by atoms with Crippen molar-refractivity contribution in [3.8, 4) is 5.75 Å². The van der Waals surface area contributed by atoms with Crippen molar-refractivity contribution in [2.45, 2.75) is 38.5 Å². The van der Waals surface area contributed by atoms with Crippen molar-refractivity contribution in [3.05, 3.63) is 70.3 Å². The number of unbranched alkanes of at least 4 members (excludes halogenated alkanes) is 1. The average Bonchev–Trinajstić information content (AvgIpc) is 2.94. The molecule has 0 N–H and O–H groups in total. The number of ether oxygens (including phenoxy) is 2. The zero-order valence-electron chi connectivity index (χ0n) is 19.4. The normalized spacial score (nSPS) is 19.0. The fraction of sp³-hybridized carbons (Fsp3) is 0.462. The zero-order chi connectivity index (χ0) is 23.2. The Morgan fingerprint density at radius 3 is 2.88 bits per heavy atom. The molecule has 0 radical (unpaired) electrons. The summed E-state index contributed by atoms with van der Waals surface area (Å²) < 4.78 is 11.2. The molecule has 0 spiro atoms. The Morgan fingerprint density at radius 1 is 1.21 bits per heavy atom. The van der Waals surface area contributed by atoms with E-state index in [9.17, 15) is 4.79 Å². The number of benzene rings is 1. The van der Waals surface area contributed by atoms with Crippen LogP contribution in [0.5, 0.6) is 5.75 Å². The Kier molecular flexibility index (Phi) is 8.02. The largest absolute Gasteiger partial charge is 0.462 e. The van der Waals surface area contributed by atoms with E-state index >= 15 is 0 Å². The number of hydrogen-bond acceptors (Lipinski definition) is 5. The van der Waals surface area contributed by atoms with Crippen LogP contribution in [0.4, 0.5) is 0 Å². The van der Waals surface area contributed by atoms with Gasteiger partial charge in [-0.1, -0.05) is 23.7 Å². The SMILES string of the molecule is COCC1=COc2cc(C)ccc2C(=O)N1CCCCN1CCCC(c2cccc(Cl)n2)C1. The van der Waals surface area contributed by atoms with Crippen LogP contribution in [0.25, 0.3) is 0 Å². The van der Waals surface area contributed by atoms with E-state index in [1.54, 1.807) is 18.3 Å². The number of pyridine rings is 1. The summed E-state index contributed by atoms with van der Waals surface area (Å²) in [6.07, 6.45) is 5.89. The van der Waals surface area contributed by atoms with Crippen molar-refractivity contribution in [1.82, 2.24) is 14.8 Å². The van der Waals surface area contributed by atoms with Gasteiger partial charge in [-0.15, -0.1) is 0 Å². The van der Waals surface area contributed by atoms with Crippen molar-refractivity contribution >= 4 is 17.5 Å². The maximum absolute atomic E-state index is 13.3. The molecule has 1 atom stereocenters. The molecule has 2 aliphatic heterocycles. The molecule has 0 bridgehead atoms. The number of carbonyl (C=O) groups is 1. The molecule has 33 heavy (non-hydrogen) atoms. The zero-order valence-corrected chi connectivity index (χ0v) is 20.2. The van der Waals surface area contributed by atoms with Gasteiger partial charge in [0, 0.05) is 31.8 Å². The van der Waals surface area contributed by atoms with Crippen LogP contribution in [0, 0.1) is 6.92 Å². The standard InChI is InChI=1S/C26H32ClN3O3/c1-19-10-11-22-24(15-19)33-18-21(17-32-2)30(26(22)31)14-4-3-12-29-13-6-7-20(16-29)23-8-5-9-25(27)28-23/h5,8-11,15,18,20H,3-4,6-7,12-14,16-17H2,1-2H3. The topological polar surface area (TPSA) is 54.9 Å². The Labute approximate surface area is 201 Å². The summed E-state index contributed by atoms with van der Waals surface area (Å²) >= 11 is 6.09. The average molecular weight is 470 g/mol. The molecule has 1 aromatic heterocycles. The quantitative estimate of drug-likeness (QED) is 0.401. The molecule has 6 nitrogen and oxygen atoms in total. The monoisotopic (exact) mass is 469 g/mol. The lowest BCUT2D eigenvalue weighted by molar-refractivity contribution is 0.0771. The smallest absolute Gasteiger partial charge is 0.261 e. The summed E-state index contributed by atoms with van der Waals surface area (Å²) in [5, 5.41) is 0.562. The first kappa shape index (κ1) is 23.7. The molecule has 4 rings (SSSR count). The number of likely N-dealkylation sites (tertiary alicyclic amines) is 1. The number of aromatic nitrogens is 1. The molecule has 0 saturated carbocycles. The molecular formula is C26H32ClN3O3. The fourth-order valence-corrected chi connectivity index (χ4v) is 4.81. The molecule has 2 aromatic rings. The minimum Gasteiger partial charge on any atom is -0.462 e. The van der Waals surface area contributed by atoms with Gasteiger partial charge >= 0.3 is 0 Å². The van der Waals surface area contributed by atoms with Crippen molar-refractivity contribution in [1.29, 1.82) is 0 Å². The van der Waals surface area contributed by atoms with Crippen LogP contribution < -0.4 is 4.74 Å². The number of nitrogens with zero attached hydrogens (tertiary/aromatic N) is 3. The Bertz CT molecular complexity index is 1010. The van der Waals surface area contributed by atoms with Crippen LogP contribution in [-0.4, -0.2) is 60.6 Å². The predicted molar refractivity (Wildman–Crippen MR) is 130 cm³/mol. The summed E-state index contributed by atoms with van der Waals surface area (Å²) in [6, 6.07) is 11.6. The van der Waals surface area contributed by atoms with Gasteiger partial charge in [-0.3, -0.25) is 4.79 Å². The lowest BCUT2D eigenvalue weighted by atomic mass is 9.94. The van der Waals surface area contributed by atoms with Gasteiger partial charge in [-0.05, 0) is 75.5 Å². The Hall–Kier alpha value is -2.41. The summed E-state index contributed by atoms with van der Waals surface area (Å²) in [4.78, 5) is 22.1. The fourth-order valence-electron chi connectivity index (χ4n) is 4.64. The summed E-state index contributed by atoms with van der Waals surface area (Å²) in [6.45, 7) is 6.08. The number of aryl methyl sites for hydroxylation is 1. The minimum absolute atomic E-state index is 0.0316. The number of halogens is 1. The maximum Gasteiger partial charge on any atom is 0.261 e. The highest BCUT2D eigenvalue weighted by molar-refractivity contribution is 6.29.